The van der Waals surface area contributed by atoms with Crippen molar-refractivity contribution in [3.05, 3.63) is 77.2 Å². The van der Waals surface area contributed by atoms with E-state index >= 15 is 0 Å². The van der Waals surface area contributed by atoms with Gasteiger partial charge in [0.15, 0.2) is 5.65 Å². The maximum atomic E-state index is 11.0. The molecule has 0 saturated heterocycles. The van der Waals surface area contributed by atoms with Crippen LogP contribution in [0.2, 0.25) is 0 Å². The number of aromatic nitrogens is 4. The first-order chi connectivity index (χ1) is 13.3. The minimum atomic E-state index is -0.222. The fourth-order valence-electron chi connectivity index (χ4n) is 3.63. The summed E-state index contributed by atoms with van der Waals surface area (Å²) in [6, 6.07) is 11.6. The quantitative estimate of drug-likeness (QED) is 0.551. The van der Waals surface area contributed by atoms with Crippen LogP contribution in [-0.2, 0) is 6.42 Å². The molecule has 0 fully saturated rings. The molecule has 1 aliphatic carbocycles. The van der Waals surface area contributed by atoms with Crippen molar-refractivity contribution in [2.45, 2.75) is 18.9 Å². The molecule has 4 aromatic rings. The van der Waals surface area contributed by atoms with Gasteiger partial charge in [0.05, 0.1) is 11.9 Å². The van der Waals surface area contributed by atoms with E-state index in [0.29, 0.717) is 0 Å². The van der Waals surface area contributed by atoms with Crippen LogP contribution in [0.3, 0.4) is 0 Å². The third kappa shape index (κ3) is 2.64. The van der Waals surface area contributed by atoms with Gasteiger partial charge in [-0.3, -0.25) is 14.4 Å². The fourth-order valence-corrected chi connectivity index (χ4v) is 3.63. The standard InChI is InChI=1S/C20H16N6O/c27-25-16-7-4-13-11-14(5-6-15(13)16)23-20-19(17-3-1-2-8-22-17)24-18-12-21-9-10-26(18)20/h1-3,5-6,8-12,16,23H,4,7H2. The number of imidazole rings is 1. The third-order valence-electron chi connectivity index (χ3n) is 4.92. The van der Waals surface area contributed by atoms with Gasteiger partial charge in [-0.15, -0.1) is 0 Å². The summed E-state index contributed by atoms with van der Waals surface area (Å²) in [5.74, 6) is 0.828. The van der Waals surface area contributed by atoms with Gasteiger partial charge in [0.1, 0.15) is 17.6 Å². The average Bonchev–Trinajstić information content (AvgIpc) is 3.30. The highest BCUT2D eigenvalue weighted by atomic mass is 16.3. The number of rotatable bonds is 4. The number of hydrogen-bond acceptors (Lipinski definition) is 6. The minimum Gasteiger partial charge on any atom is -0.339 e. The Morgan fingerprint density at radius 3 is 3.00 bits per heavy atom. The second-order valence-corrected chi connectivity index (χ2v) is 6.53. The Bertz CT molecular complexity index is 1140. The van der Waals surface area contributed by atoms with E-state index in [1.807, 2.05) is 40.9 Å². The van der Waals surface area contributed by atoms with Crippen LogP contribution in [0.25, 0.3) is 17.0 Å². The van der Waals surface area contributed by atoms with E-state index in [0.717, 1.165) is 46.9 Å². The predicted molar refractivity (Wildman–Crippen MR) is 103 cm³/mol. The number of aryl methyl sites for hydroxylation is 1. The van der Waals surface area contributed by atoms with Gasteiger partial charge in [-0.1, -0.05) is 17.3 Å². The molecule has 7 heteroatoms. The zero-order valence-electron chi connectivity index (χ0n) is 14.4. The molecule has 1 aromatic carbocycles. The molecule has 0 aliphatic heterocycles. The summed E-state index contributed by atoms with van der Waals surface area (Å²) in [6.07, 6.45) is 8.72. The van der Waals surface area contributed by atoms with Crippen molar-refractivity contribution >= 4 is 17.2 Å². The maximum absolute atomic E-state index is 11.0. The molecule has 132 valence electrons. The van der Waals surface area contributed by atoms with E-state index in [9.17, 15) is 4.91 Å². The summed E-state index contributed by atoms with van der Waals surface area (Å²) >= 11 is 0. The number of benzene rings is 1. The van der Waals surface area contributed by atoms with Crippen molar-refractivity contribution in [2.75, 3.05) is 5.32 Å². The molecule has 3 aromatic heterocycles. The van der Waals surface area contributed by atoms with Crippen LogP contribution in [0, 0.1) is 4.91 Å². The van der Waals surface area contributed by atoms with E-state index in [1.54, 1.807) is 18.6 Å². The monoisotopic (exact) mass is 356 g/mol. The number of anilines is 2. The highest BCUT2D eigenvalue weighted by molar-refractivity contribution is 5.78. The molecular weight excluding hydrogens is 340 g/mol. The van der Waals surface area contributed by atoms with Crippen LogP contribution in [0.15, 0.2) is 66.4 Å². The smallest absolute Gasteiger partial charge is 0.157 e. The van der Waals surface area contributed by atoms with Crippen molar-refractivity contribution in [2.24, 2.45) is 5.18 Å². The number of fused-ring (bicyclic) bond motifs is 2. The van der Waals surface area contributed by atoms with E-state index < -0.39 is 0 Å². The first-order valence-electron chi connectivity index (χ1n) is 8.79. The van der Waals surface area contributed by atoms with Crippen molar-refractivity contribution < 1.29 is 0 Å². The number of nitrogens with zero attached hydrogens (tertiary/aromatic N) is 5. The molecule has 1 N–H and O–H groups in total. The normalized spacial score (nSPS) is 15.6. The van der Waals surface area contributed by atoms with Gasteiger partial charge >= 0.3 is 0 Å². The molecule has 3 heterocycles. The Morgan fingerprint density at radius 2 is 2.15 bits per heavy atom. The van der Waals surface area contributed by atoms with Crippen LogP contribution in [0.4, 0.5) is 11.5 Å². The Labute approximate surface area is 155 Å². The molecule has 0 radical (unpaired) electrons. The number of pyridine rings is 1. The summed E-state index contributed by atoms with van der Waals surface area (Å²) in [5, 5.41) is 6.71. The van der Waals surface area contributed by atoms with E-state index in [-0.39, 0.29) is 6.04 Å². The average molecular weight is 356 g/mol. The first kappa shape index (κ1) is 15.6. The molecule has 1 aliphatic rings. The molecule has 0 amide bonds. The molecular formula is C20H16N6O. The molecule has 1 unspecified atom stereocenters. The molecule has 0 spiro atoms. The summed E-state index contributed by atoms with van der Waals surface area (Å²) in [7, 11) is 0. The lowest BCUT2D eigenvalue weighted by Gasteiger charge is -2.10. The SMILES string of the molecule is O=NC1CCc2cc(Nc3c(-c4ccccn4)nc4cnccn34)ccc21. The molecule has 27 heavy (non-hydrogen) atoms. The third-order valence-corrected chi connectivity index (χ3v) is 4.92. The Hall–Kier alpha value is -3.61. The van der Waals surface area contributed by atoms with Crippen LogP contribution in [0.5, 0.6) is 0 Å². The number of nitrogens with one attached hydrogen (secondary N) is 1. The van der Waals surface area contributed by atoms with Crippen LogP contribution < -0.4 is 5.32 Å². The highest BCUT2D eigenvalue weighted by Crippen LogP contribution is 2.37. The second kappa shape index (κ2) is 6.28. The van der Waals surface area contributed by atoms with Crippen molar-refractivity contribution in [1.82, 2.24) is 19.4 Å². The van der Waals surface area contributed by atoms with Gasteiger partial charge in [-0.2, -0.15) is 4.91 Å². The van der Waals surface area contributed by atoms with E-state index in [2.05, 4.69) is 26.5 Å². The number of hydrogen-bond donors (Lipinski definition) is 1. The predicted octanol–water partition coefficient (Wildman–Crippen LogP) is 4.29. The van der Waals surface area contributed by atoms with Gasteiger partial charge in [-0.05, 0) is 48.2 Å². The topological polar surface area (TPSA) is 84.5 Å². The summed E-state index contributed by atoms with van der Waals surface area (Å²) in [5.41, 5.74) is 5.43. The molecule has 0 bridgehead atoms. The Morgan fingerprint density at radius 1 is 1.19 bits per heavy atom. The minimum absolute atomic E-state index is 0.222. The lowest BCUT2D eigenvalue weighted by Crippen LogP contribution is -1.99. The lowest BCUT2D eigenvalue weighted by atomic mass is 10.1. The molecule has 5 rings (SSSR count). The van der Waals surface area contributed by atoms with Crippen molar-refractivity contribution in [3.63, 3.8) is 0 Å². The van der Waals surface area contributed by atoms with Crippen LogP contribution >= 0.6 is 0 Å². The van der Waals surface area contributed by atoms with Gasteiger partial charge in [0.25, 0.3) is 0 Å². The van der Waals surface area contributed by atoms with Gasteiger partial charge in [0.2, 0.25) is 0 Å². The van der Waals surface area contributed by atoms with E-state index in [1.165, 1.54) is 5.56 Å². The summed E-state index contributed by atoms with van der Waals surface area (Å²) in [6.45, 7) is 0. The van der Waals surface area contributed by atoms with E-state index in [4.69, 9.17) is 4.98 Å². The Kier molecular flexibility index (Phi) is 3.64. The Balaban J connectivity index is 1.60. The summed E-state index contributed by atoms with van der Waals surface area (Å²) < 4.78 is 1.96. The van der Waals surface area contributed by atoms with Gasteiger partial charge in [-0.25, -0.2) is 4.98 Å². The van der Waals surface area contributed by atoms with Crippen molar-refractivity contribution in [1.29, 1.82) is 0 Å². The summed E-state index contributed by atoms with van der Waals surface area (Å²) in [4.78, 5) is 24.3. The first-order valence-corrected chi connectivity index (χ1v) is 8.79. The lowest BCUT2D eigenvalue weighted by molar-refractivity contribution is 0.710. The molecule has 7 nitrogen and oxygen atoms in total. The van der Waals surface area contributed by atoms with Gasteiger partial charge < -0.3 is 5.32 Å². The fraction of sp³-hybridized carbons (Fsp3) is 0.150. The van der Waals surface area contributed by atoms with Crippen LogP contribution in [0.1, 0.15) is 23.6 Å². The zero-order valence-corrected chi connectivity index (χ0v) is 14.4. The highest BCUT2D eigenvalue weighted by Gasteiger charge is 2.23. The van der Waals surface area contributed by atoms with Crippen molar-refractivity contribution in [3.8, 4) is 11.4 Å². The largest absolute Gasteiger partial charge is 0.339 e. The van der Waals surface area contributed by atoms with Crippen LogP contribution in [-0.4, -0.2) is 19.4 Å². The number of nitroso groups, excluding NO2 is 1. The molecule has 1 atom stereocenters. The van der Waals surface area contributed by atoms with Gasteiger partial charge in [0, 0.05) is 24.3 Å². The zero-order chi connectivity index (χ0) is 18.2. The maximum Gasteiger partial charge on any atom is 0.157 e. The molecule has 0 saturated carbocycles. The second-order valence-electron chi connectivity index (χ2n) is 6.53.